The molecule has 0 bridgehead atoms. The van der Waals surface area contributed by atoms with Crippen molar-refractivity contribution in [1.29, 1.82) is 0 Å². The van der Waals surface area contributed by atoms with Crippen LogP contribution in [-0.4, -0.2) is 12.3 Å². The van der Waals surface area contributed by atoms with Crippen molar-refractivity contribution >= 4 is 21.7 Å². The van der Waals surface area contributed by atoms with E-state index in [0.717, 1.165) is 24.8 Å². The molecule has 1 aromatic carbocycles. The molecule has 1 aromatic rings. The Balaban J connectivity index is 2.40. The topological polar surface area (TPSA) is 43.1 Å². The third kappa shape index (κ3) is 5.41. The molecular formula is C13H17BrFNO. The van der Waals surface area contributed by atoms with E-state index in [1.807, 2.05) is 0 Å². The number of nitrogens with two attached hydrogens (primary N) is 1. The summed E-state index contributed by atoms with van der Waals surface area (Å²) in [5.41, 5.74) is 6.22. The van der Waals surface area contributed by atoms with Gasteiger partial charge in [0.15, 0.2) is 0 Å². The van der Waals surface area contributed by atoms with Gasteiger partial charge in [0.05, 0.1) is 0 Å². The van der Waals surface area contributed by atoms with E-state index in [-0.39, 0.29) is 11.6 Å². The molecule has 2 nitrogen and oxygen atoms in total. The fraction of sp³-hybridized carbons (Fsp3) is 0.462. The molecule has 4 heteroatoms. The summed E-state index contributed by atoms with van der Waals surface area (Å²) < 4.78 is 13.5. The predicted octanol–water partition coefficient (Wildman–Crippen LogP) is 3.22. The number of hydrogen-bond donors (Lipinski definition) is 1. The van der Waals surface area contributed by atoms with Crippen molar-refractivity contribution in [2.24, 2.45) is 5.73 Å². The standard InChI is InChI=1S/C13H17BrFNO/c14-13-9-11(15)6-5-10(13)8-12(17)4-2-1-3-7-16/h5-6,9H,1-4,7-8,16H2. The van der Waals surface area contributed by atoms with Gasteiger partial charge in [-0.1, -0.05) is 28.4 Å². The van der Waals surface area contributed by atoms with E-state index in [2.05, 4.69) is 15.9 Å². The van der Waals surface area contributed by atoms with Crippen molar-refractivity contribution in [3.63, 3.8) is 0 Å². The largest absolute Gasteiger partial charge is 0.330 e. The molecule has 0 saturated heterocycles. The minimum Gasteiger partial charge on any atom is -0.330 e. The minimum absolute atomic E-state index is 0.189. The van der Waals surface area contributed by atoms with Gasteiger partial charge < -0.3 is 5.73 Å². The zero-order chi connectivity index (χ0) is 12.7. The predicted molar refractivity (Wildman–Crippen MR) is 70.3 cm³/mol. The Morgan fingerprint density at radius 3 is 2.71 bits per heavy atom. The summed E-state index contributed by atoms with van der Waals surface area (Å²) in [5, 5.41) is 0. The quantitative estimate of drug-likeness (QED) is 0.786. The molecule has 0 aliphatic heterocycles. The Bertz CT molecular complexity index is 382. The van der Waals surface area contributed by atoms with Crippen LogP contribution in [0.4, 0.5) is 4.39 Å². The van der Waals surface area contributed by atoms with Gasteiger partial charge in [0, 0.05) is 17.3 Å². The van der Waals surface area contributed by atoms with Crippen LogP contribution in [0.25, 0.3) is 0 Å². The van der Waals surface area contributed by atoms with E-state index < -0.39 is 0 Å². The van der Waals surface area contributed by atoms with Crippen molar-refractivity contribution in [3.05, 3.63) is 34.1 Å². The van der Waals surface area contributed by atoms with E-state index in [0.29, 0.717) is 23.9 Å². The minimum atomic E-state index is -0.295. The molecular weight excluding hydrogens is 285 g/mol. The van der Waals surface area contributed by atoms with Gasteiger partial charge in [0.25, 0.3) is 0 Å². The Morgan fingerprint density at radius 2 is 2.06 bits per heavy atom. The fourth-order valence-electron chi connectivity index (χ4n) is 1.61. The van der Waals surface area contributed by atoms with Crippen molar-refractivity contribution in [3.8, 4) is 0 Å². The highest BCUT2D eigenvalue weighted by atomic mass is 79.9. The summed E-state index contributed by atoms with van der Waals surface area (Å²) in [4.78, 5) is 11.7. The number of halogens is 2. The van der Waals surface area contributed by atoms with Crippen molar-refractivity contribution in [2.75, 3.05) is 6.54 Å². The number of carbonyl (C=O) groups is 1. The highest BCUT2D eigenvalue weighted by Crippen LogP contribution is 2.19. The first-order chi connectivity index (χ1) is 8.13. The SMILES string of the molecule is NCCCCCC(=O)Cc1ccc(F)cc1Br. The molecule has 0 unspecified atom stereocenters. The Hall–Kier alpha value is -0.740. The van der Waals surface area contributed by atoms with E-state index in [9.17, 15) is 9.18 Å². The second kappa shape index (κ2) is 7.56. The fourth-order valence-corrected chi connectivity index (χ4v) is 2.10. The van der Waals surface area contributed by atoms with Gasteiger partial charge in [0.1, 0.15) is 11.6 Å². The smallest absolute Gasteiger partial charge is 0.137 e. The molecule has 0 spiro atoms. The van der Waals surface area contributed by atoms with Crippen LogP contribution in [0.15, 0.2) is 22.7 Å². The molecule has 0 atom stereocenters. The van der Waals surface area contributed by atoms with Gasteiger partial charge in [-0.2, -0.15) is 0 Å². The van der Waals surface area contributed by atoms with Gasteiger partial charge in [0.2, 0.25) is 0 Å². The third-order valence-corrected chi connectivity index (χ3v) is 3.30. The highest BCUT2D eigenvalue weighted by molar-refractivity contribution is 9.10. The summed E-state index contributed by atoms with van der Waals surface area (Å²) in [6.07, 6.45) is 3.78. The van der Waals surface area contributed by atoms with E-state index >= 15 is 0 Å². The first-order valence-corrected chi connectivity index (χ1v) is 6.58. The number of ketones is 1. The van der Waals surface area contributed by atoms with Crippen LogP contribution in [0, 0.1) is 5.82 Å². The lowest BCUT2D eigenvalue weighted by molar-refractivity contribution is -0.118. The molecule has 2 N–H and O–H groups in total. The lowest BCUT2D eigenvalue weighted by Gasteiger charge is -2.04. The summed E-state index contributed by atoms with van der Waals surface area (Å²) in [6, 6.07) is 4.41. The van der Waals surface area contributed by atoms with E-state index in [4.69, 9.17) is 5.73 Å². The number of carbonyl (C=O) groups excluding carboxylic acids is 1. The maximum absolute atomic E-state index is 12.8. The van der Waals surface area contributed by atoms with Gasteiger partial charge in [-0.3, -0.25) is 4.79 Å². The second-order valence-corrected chi connectivity index (χ2v) is 4.90. The van der Waals surface area contributed by atoms with Crippen LogP contribution in [0.5, 0.6) is 0 Å². The number of benzene rings is 1. The summed E-state index contributed by atoms with van der Waals surface area (Å²) >= 11 is 3.26. The monoisotopic (exact) mass is 301 g/mol. The Kier molecular flexibility index (Phi) is 6.37. The molecule has 17 heavy (non-hydrogen) atoms. The van der Waals surface area contributed by atoms with Crippen LogP contribution in [0.3, 0.4) is 0 Å². The van der Waals surface area contributed by atoms with Gasteiger partial charge in [-0.25, -0.2) is 4.39 Å². The Morgan fingerprint density at radius 1 is 1.29 bits per heavy atom. The molecule has 0 fully saturated rings. The molecule has 1 rings (SSSR count). The van der Waals surface area contributed by atoms with Crippen LogP contribution in [0.2, 0.25) is 0 Å². The second-order valence-electron chi connectivity index (χ2n) is 4.05. The van der Waals surface area contributed by atoms with Gasteiger partial charge in [-0.15, -0.1) is 0 Å². The van der Waals surface area contributed by atoms with E-state index in [1.165, 1.54) is 12.1 Å². The Labute approximate surface area is 110 Å². The molecule has 0 aliphatic rings. The van der Waals surface area contributed by atoms with Crippen LogP contribution in [-0.2, 0) is 11.2 Å². The summed E-state index contributed by atoms with van der Waals surface area (Å²) in [5.74, 6) is -0.106. The normalized spacial score (nSPS) is 10.5. The van der Waals surface area contributed by atoms with Crippen molar-refractivity contribution in [2.45, 2.75) is 32.1 Å². The maximum Gasteiger partial charge on any atom is 0.137 e. The third-order valence-electron chi connectivity index (χ3n) is 2.56. The van der Waals surface area contributed by atoms with Crippen LogP contribution >= 0.6 is 15.9 Å². The zero-order valence-electron chi connectivity index (χ0n) is 9.72. The number of hydrogen-bond acceptors (Lipinski definition) is 2. The molecule has 94 valence electrons. The highest BCUT2D eigenvalue weighted by Gasteiger charge is 2.07. The molecule has 0 aromatic heterocycles. The molecule has 0 heterocycles. The van der Waals surface area contributed by atoms with Crippen molar-refractivity contribution in [1.82, 2.24) is 0 Å². The average molecular weight is 302 g/mol. The lowest BCUT2D eigenvalue weighted by Crippen LogP contribution is -2.04. The first-order valence-electron chi connectivity index (χ1n) is 5.79. The van der Waals surface area contributed by atoms with Crippen molar-refractivity contribution < 1.29 is 9.18 Å². The molecule has 0 saturated carbocycles. The van der Waals surface area contributed by atoms with Gasteiger partial charge >= 0.3 is 0 Å². The number of unbranched alkanes of at least 4 members (excludes halogenated alkanes) is 2. The number of Topliss-reactive ketones (excluding diaryl/α,β-unsaturated/α-hetero) is 1. The van der Waals surface area contributed by atoms with E-state index in [1.54, 1.807) is 6.07 Å². The first kappa shape index (κ1) is 14.3. The van der Waals surface area contributed by atoms with Crippen LogP contribution in [0.1, 0.15) is 31.2 Å². The zero-order valence-corrected chi connectivity index (χ0v) is 11.3. The number of rotatable bonds is 7. The average Bonchev–Trinajstić information content (AvgIpc) is 2.28. The lowest BCUT2D eigenvalue weighted by atomic mass is 10.0. The summed E-state index contributed by atoms with van der Waals surface area (Å²) in [7, 11) is 0. The van der Waals surface area contributed by atoms with Crippen LogP contribution < -0.4 is 5.73 Å². The maximum atomic E-state index is 12.8. The molecule has 0 aliphatic carbocycles. The summed E-state index contributed by atoms with van der Waals surface area (Å²) in [6.45, 7) is 0.678. The van der Waals surface area contributed by atoms with Gasteiger partial charge in [-0.05, 0) is 37.1 Å². The molecule has 0 amide bonds. The molecule has 0 radical (unpaired) electrons.